The van der Waals surface area contributed by atoms with Crippen LogP contribution >= 0.6 is 0 Å². The molecule has 0 saturated heterocycles. The van der Waals surface area contributed by atoms with Crippen LogP contribution in [0.3, 0.4) is 0 Å². The fourth-order valence-electron chi connectivity index (χ4n) is 1.76. The van der Waals surface area contributed by atoms with E-state index in [0.717, 1.165) is 19.3 Å². The summed E-state index contributed by atoms with van der Waals surface area (Å²) in [7, 11) is 0. The lowest BCUT2D eigenvalue weighted by Gasteiger charge is -2.24. The second-order valence-corrected chi connectivity index (χ2v) is 4.32. The second-order valence-electron chi connectivity index (χ2n) is 4.32. The molecule has 1 amide bonds. The van der Waals surface area contributed by atoms with Crippen LogP contribution < -0.4 is 11.1 Å². The SMILES string of the molecule is NCC#Cc1cc(NC(=O)C2CCC2)ccc1F. The predicted octanol–water partition coefficient (Wildman–Crippen LogP) is 1.87. The Bertz CT molecular complexity index is 512. The fourth-order valence-corrected chi connectivity index (χ4v) is 1.76. The number of nitrogens with two attached hydrogens (primary N) is 1. The first-order valence-electron chi connectivity index (χ1n) is 6.00. The highest BCUT2D eigenvalue weighted by atomic mass is 19.1. The van der Waals surface area contributed by atoms with Crippen LogP contribution in [-0.4, -0.2) is 12.5 Å². The zero-order valence-electron chi connectivity index (χ0n) is 10.0. The zero-order valence-corrected chi connectivity index (χ0v) is 10.0. The summed E-state index contributed by atoms with van der Waals surface area (Å²) in [5.74, 6) is 4.94. The molecule has 2 rings (SSSR count). The van der Waals surface area contributed by atoms with Gasteiger partial charge in [0, 0.05) is 11.6 Å². The smallest absolute Gasteiger partial charge is 0.227 e. The van der Waals surface area contributed by atoms with E-state index >= 15 is 0 Å². The van der Waals surface area contributed by atoms with Gasteiger partial charge in [0.15, 0.2) is 0 Å². The highest BCUT2D eigenvalue weighted by Crippen LogP contribution is 2.27. The van der Waals surface area contributed by atoms with Gasteiger partial charge in [0.2, 0.25) is 5.91 Å². The minimum atomic E-state index is -0.405. The van der Waals surface area contributed by atoms with Crippen molar-refractivity contribution in [3.05, 3.63) is 29.6 Å². The summed E-state index contributed by atoms with van der Waals surface area (Å²) in [6, 6.07) is 4.38. The summed E-state index contributed by atoms with van der Waals surface area (Å²) in [6.45, 7) is 0.179. The van der Waals surface area contributed by atoms with Crippen molar-refractivity contribution in [3.8, 4) is 11.8 Å². The van der Waals surface area contributed by atoms with Crippen molar-refractivity contribution in [3.63, 3.8) is 0 Å². The molecular weight excluding hydrogens is 231 g/mol. The maximum Gasteiger partial charge on any atom is 0.227 e. The number of hydrogen-bond acceptors (Lipinski definition) is 2. The van der Waals surface area contributed by atoms with Crippen molar-refractivity contribution in [1.29, 1.82) is 0 Å². The molecule has 0 radical (unpaired) electrons. The van der Waals surface area contributed by atoms with Crippen molar-refractivity contribution in [2.24, 2.45) is 11.7 Å². The van der Waals surface area contributed by atoms with Gasteiger partial charge in [-0.2, -0.15) is 0 Å². The Morgan fingerprint density at radius 3 is 2.89 bits per heavy atom. The summed E-state index contributed by atoms with van der Waals surface area (Å²) < 4.78 is 13.4. The second kappa shape index (κ2) is 5.65. The molecule has 1 aromatic carbocycles. The molecular formula is C14H15FN2O. The van der Waals surface area contributed by atoms with Gasteiger partial charge in [-0.25, -0.2) is 4.39 Å². The Morgan fingerprint density at radius 1 is 1.50 bits per heavy atom. The van der Waals surface area contributed by atoms with Crippen LogP contribution in [0.5, 0.6) is 0 Å². The van der Waals surface area contributed by atoms with Gasteiger partial charge in [-0.3, -0.25) is 4.79 Å². The maximum atomic E-state index is 13.4. The lowest BCUT2D eigenvalue weighted by molar-refractivity contribution is -0.122. The molecule has 0 spiro atoms. The molecule has 0 heterocycles. The van der Waals surface area contributed by atoms with E-state index in [0.29, 0.717) is 5.69 Å². The monoisotopic (exact) mass is 246 g/mol. The lowest BCUT2D eigenvalue weighted by atomic mass is 9.85. The summed E-state index contributed by atoms with van der Waals surface area (Å²) in [4.78, 5) is 11.7. The molecule has 0 aromatic heterocycles. The standard InChI is InChI=1S/C14H15FN2O/c15-13-7-6-12(9-11(13)5-2-8-16)17-14(18)10-3-1-4-10/h6-7,9-10H,1,3-4,8,16H2,(H,17,18). The highest BCUT2D eigenvalue weighted by Gasteiger charge is 2.25. The molecule has 94 valence electrons. The lowest BCUT2D eigenvalue weighted by Crippen LogP contribution is -2.28. The van der Waals surface area contributed by atoms with Crippen LogP contribution in [0.25, 0.3) is 0 Å². The highest BCUT2D eigenvalue weighted by molar-refractivity contribution is 5.93. The van der Waals surface area contributed by atoms with Gasteiger partial charge in [0.1, 0.15) is 5.82 Å². The first kappa shape index (κ1) is 12.6. The van der Waals surface area contributed by atoms with Gasteiger partial charge in [-0.05, 0) is 31.0 Å². The summed E-state index contributed by atoms with van der Waals surface area (Å²) in [6.07, 6.45) is 2.98. The quantitative estimate of drug-likeness (QED) is 0.783. The Hall–Kier alpha value is -1.86. The van der Waals surface area contributed by atoms with Crippen molar-refractivity contribution >= 4 is 11.6 Å². The number of benzene rings is 1. The number of amides is 1. The third-order valence-corrected chi connectivity index (χ3v) is 3.03. The van der Waals surface area contributed by atoms with Crippen molar-refractivity contribution < 1.29 is 9.18 Å². The summed E-state index contributed by atoms with van der Waals surface area (Å²) in [5.41, 5.74) is 6.08. The van der Waals surface area contributed by atoms with Gasteiger partial charge in [0.05, 0.1) is 12.1 Å². The Balaban J connectivity index is 2.11. The third kappa shape index (κ3) is 2.88. The first-order valence-corrected chi connectivity index (χ1v) is 6.00. The molecule has 1 aliphatic carbocycles. The molecule has 0 bridgehead atoms. The van der Waals surface area contributed by atoms with E-state index in [-0.39, 0.29) is 23.9 Å². The van der Waals surface area contributed by atoms with E-state index in [1.165, 1.54) is 12.1 Å². The van der Waals surface area contributed by atoms with Crippen LogP contribution in [0.2, 0.25) is 0 Å². The Morgan fingerprint density at radius 2 is 2.28 bits per heavy atom. The molecule has 3 nitrogen and oxygen atoms in total. The molecule has 1 aromatic rings. The zero-order chi connectivity index (χ0) is 13.0. The molecule has 18 heavy (non-hydrogen) atoms. The van der Waals surface area contributed by atoms with Gasteiger partial charge >= 0.3 is 0 Å². The molecule has 1 saturated carbocycles. The Kier molecular flexibility index (Phi) is 3.96. The van der Waals surface area contributed by atoms with E-state index < -0.39 is 5.82 Å². The van der Waals surface area contributed by atoms with Gasteiger partial charge in [0.25, 0.3) is 0 Å². The van der Waals surface area contributed by atoms with Crippen LogP contribution in [0, 0.1) is 23.6 Å². The molecule has 3 N–H and O–H groups in total. The van der Waals surface area contributed by atoms with E-state index in [2.05, 4.69) is 17.2 Å². The van der Waals surface area contributed by atoms with Crippen LogP contribution in [0.1, 0.15) is 24.8 Å². The topological polar surface area (TPSA) is 55.1 Å². The molecule has 1 aliphatic rings. The molecule has 0 atom stereocenters. The molecule has 1 fully saturated rings. The van der Waals surface area contributed by atoms with Crippen molar-refractivity contribution in [2.75, 3.05) is 11.9 Å². The van der Waals surface area contributed by atoms with Crippen LogP contribution in [0.4, 0.5) is 10.1 Å². The largest absolute Gasteiger partial charge is 0.326 e. The number of hydrogen-bond donors (Lipinski definition) is 2. The minimum Gasteiger partial charge on any atom is -0.326 e. The summed E-state index contributed by atoms with van der Waals surface area (Å²) in [5, 5.41) is 2.78. The number of carbonyl (C=O) groups is 1. The van der Waals surface area contributed by atoms with E-state index in [1.807, 2.05) is 0 Å². The van der Waals surface area contributed by atoms with Crippen molar-refractivity contribution in [2.45, 2.75) is 19.3 Å². The Labute approximate surface area is 106 Å². The van der Waals surface area contributed by atoms with Crippen LogP contribution in [0.15, 0.2) is 18.2 Å². The van der Waals surface area contributed by atoms with Gasteiger partial charge in [-0.1, -0.05) is 18.3 Å². The van der Waals surface area contributed by atoms with Gasteiger partial charge in [-0.15, -0.1) is 0 Å². The summed E-state index contributed by atoms with van der Waals surface area (Å²) >= 11 is 0. The number of carbonyl (C=O) groups excluding carboxylic acids is 1. The molecule has 0 aliphatic heterocycles. The van der Waals surface area contributed by atoms with E-state index in [9.17, 15) is 9.18 Å². The average Bonchev–Trinajstić information content (AvgIpc) is 2.27. The normalized spacial score (nSPS) is 14.3. The van der Waals surface area contributed by atoms with Crippen LogP contribution in [-0.2, 0) is 4.79 Å². The number of anilines is 1. The average molecular weight is 246 g/mol. The minimum absolute atomic E-state index is 0.00518. The van der Waals surface area contributed by atoms with E-state index in [1.54, 1.807) is 6.07 Å². The van der Waals surface area contributed by atoms with Gasteiger partial charge < -0.3 is 11.1 Å². The molecule has 4 heteroatoms. The number of halogens is 1. The molecule has 0 unspecified atom stereocenters. The maximum absolute atomic E-state index is 13.4. The third-order valence-electron chi connectivity index (χ3n) is 3.03. The number of rotatable bonds is 2. The van der Waals surface area contributed by atoms with E-state index in [4.69, 9.17) is 5.73 Å². The first-order chi connectivity index (χ1) is 8.70. The number of nitrogens with one attached hydrogen (secondary N) is 1. The fraction of sp³-hybridized carbons (Fsp3) is 0.357. The predicted molar refractivity (Wildman–Crippen MR) is 68.3 cm³/mol. The van der Waals surface area contributed by atoms with Crippen molar-refractivity contribution in [1.82, 2.24) is 0 Å².